The molecule has 0 saturated heterocycles. The van der Waals surface area contributed by atoms with Crippen LogP contribution in [0.1, 0.15) is 131 Å². The van der Waals surface area contributed by atoms with E-state index in [1.165, 1.54) is 19.4 Å². The zero-order chi connectivity index (χ0) is 56.4. The first kappa shape index (κ1) is 64.0. The zero-order valence-corrected chi connectivity index (χ0v) is 45.3. The molecule has 24 heteroatoms. The largest absolute Gasteiger partial charge is 0.384 e. The van der Waals surface area contributed by atoms with Gasteiger partial charge in [-0.05, 0) is 87.1 Å². The molecular weight excluding hydrogens is 965 g/mol. The van der Waals surface area contributed by atoms with Crippen molar-refractivity contribution in [3.8, 4) is 0 Å². The number of nitrogen functional groups attached to an aromatic ring is 1. The summed E-state index contributed by atoms with van der Waals surface area (Å²) in [5.74, 6) is -5.97. The summed E-state index contributed by atoms with van der Waals surface area (Å²) in [7, 11) is 0. The number of nitrogens with one attached hydrogen (secondary N) is 10. The van der Waals surface area contributed by atoms with E-state index in [4.69, 9.17) is 28.3 Å². The molecule has 2 rings (SSSR count). The first-order valence-electron chi connectivity index (χ1n) is 25.8. The van der Waals surface area contributed by atoms with Crippen LogP contribution in [0.5, 0.6) is 0 Å². The van der Waals surface area contributed by atoms with E-state index in [1.807, 2.05) is 41.5 Å². The van der Waals surface area contributed by atoms with Crippen LogP contribution in [-0.2, 0) is 51.3 Å². The Morgan fingerprint density at radius 1 is 0.600 bits per heavy atom. The molecule has 18 N–H and O–H groups in total. The average molecular weight is 1050 g/mol. The maximum atomic E-state index is 14.4. The van der Waals surface area contributed by atoms with Crippen molar-refractivity contribution in [1.29, 1.82) is 5.41 Å². The van der Waals surface area contributed by atoms with E-state index in [1.54, 1.807) is 38.1 Å². The van der Waals surface area contributed by atoms with Gasteiger partial charge in [0.25, 0.3) is 0 Å². The third-order valence-electron chi connectivity index (χ3n) is 11.8. The molecule has 1 aromatic carbocycles. The van der Waals surface area contributed by atoms with Crippen LogP contribution >= 0.6 is 0 Å². The van der Waals surface area contributed by atoms with Gasteiger partial charge in [-0.3, -0.25) is 48.8 Å². The van der Waals surface area contributed by atoms with E-state index in [2.05, 4.69) is 57.5 Å². The lowest BCUT2D eigenvalue weighted by Gasteiger charge is -2.29. The monoisotopic (exact) mass is 1050 g/mol. The van der Waals surface area contributed by atoms with E-state index < -0.39 is 95.5 Å². The quantitative estimate of drug-likeness (QED) is 0.0249. The summed E-state index contributed by atoms with van der Waals surface area (Å²) in [4.78, 5) is 121. The average Bonchev–Trinajstić information content (AvgIpc) is 3.84. The van der Waals surface area contributed by atoms with E-state index >= 15 is 0 Å². The third kappa shape index (κ3) is 24.7. The highest BCUT2D eigenvalue weighted by atomic mass is 16.2. The second-order valence-corrected chi connectivity index (χ2v) is 20.5. The van der Waals surface area contributed by atoms with Crippen LogP contribution in [0, 0.1) is 29.1 Å². The Hall–Kier alpha value is -7.11. The lowest BCUT2D eigenvalue weighted by atomic mass is 9.98. The number of benzene rings is 1. The van der Waals surface area contributed by atoms with Crippen LogP contribution < -0.4 is 65.5 Å². The van der Waals surface area contributed by atoms with Gasteiger partial charge < -0.3 is 70.5 Å². The fourth-order valence-corrected chi connectivity index (χ4v) is 7.97. The maximum absolute atomic E-state index is 14.4. The molecule has 0 aliphatic heterocycles. The normalized spacial score (nSPS) is 14.1. The van der Waals surface area contributed by atoms with Crippen molar-refractivity contribution in [1.82, 2.24) is 52.5 Å². The number of nitrogens with two attached hydrogens (primary N) is 4. The van der Waals surface area contributed by atoms with Crippen molar-refractivity contribution < 1.29 is 38.4 Å². The Bertz CT molecular complexity index is 2200. The summed E-state index contributed by atoms with van der Waals surface area (Å²) in [5.41, 5.74) is 24.2. The molecule has 7 atom stereocenters. The minimum atomic E-state index is -1.26. The minimum Gasteiger partial charge on any atom is -0.384 e. The molecule has 0 aliphatic carbocycles. The number of aromatic amines is 1. The van der Waals surface area contributed by atoms with Gasteiger partial charge in [0.05, 0.1) is 6.33 Å². The maximum Gasteiger partial charge on any atom is 0.243 e. The van der Waals surface area contributed by atoms with Crippen LogP contribution in [-0.4, -0.2) is 124 Å². The number of nitrogens with zero attached hydrogens (tertiary/aromatic N) is 2. The minimum absolute atomic E-state index is 0.0100. The van der Waals surface area contributed by atoms with Gasteiger partial charge in [-0.15, -0.1) is 0 Å². The number of amides is 8. The number of H-pyrrole nitrogens is 1. The van der Waals surface area contributed by atoms with Crippen LogP contribution in [0.4, 0.5) is 0 Å². The van der Waals surface area contributed by atoms with Crippen LogP contribution in [0.3, 0.4) is 0 Å². The Kier molecular flexibility index (Phi) is 28.1. The molecule has 8 amide bonds. The highest BCUT2D eigenvalue weighted by Crippen LogP contribution is 2.14. The number of hydrogen-bond acceptors (Lipinski definition) is 12. The highest BCUT2D eigenvalue weighted by molar-refractivity contribution is 5.98. The standard InChI is InChI=1S/C51H86N16O8/c1-28(2)21-38(61-32(9)68)46(71)66-41(24-35-26-57-27-60-35)49(74)65-40(23-30(5)6)48(73)64-39(22-29(3)4)47(72)62-37(14-12-20-58-51(55)56)45(70)67-42(31(7)8)50(75)63-36(13-10-11-19-52)44(69)59-25-33-15-17-34(18-16-33)43(53)54/h15-18,26-31,36-42H,10-14,19-25,52H2,1-9H3,(H3,53,54)(H,57,60)(H,59,69)(H,61,68)(H,62,72)(H,63,75)(H,64,73)(H,65,74)(H,66,71)(H,67,70)(H4,55,56,58)/t36-,37-,38-,39-,40-,41-,42-/m0/s1. The highest BCUT2D eigenvalue weighted by Gasteiger charge is 2.35. The van der Waals surface area contributed by atoms with Gasteiger partial charge in [-0.25, -0.2) is 4.98 Å². The Balaban J connectivity index is 2.41. The van der Waals surface area contributed by atoms with Gasteiger partial charge in [-0.2, -0.15) is 0 Å². The molecule has 75 heavy (non-hydrogen) atoms. The molecule has 1 heterocycles. The summed E-state index contributed by atoms with van der Waals surface area (Å²) in [5, 5.41) is 29.8. The van der Waals surface area contributed by atoms with E-state index in [0.717, 1.165) is 5.56 Å². The molecule has 0 spiro atoms. The van der Waals surface area contributed by atoms with Crippen molar-refractivity contribution in [3.63, 3.8) is 0 Å². The fraction of sp³-hybridized carbons (Fsp3) is 0.627. The molecule has 0 fully saturated rings. The zero-order valence-electron chi connectivity index (χ0n) is 45.3. The van der Waals surface area contributed by atoms with Gasteiger partial charge in [0.2, 0.25) is 47.3 Å². The van der Waals surface area contributed by atoms with Crippen LogP contribution in [0.2, 0.25) is 0 Å². The predicted molar refractivity (Wildman–Crippen MR) is 287 cm³/mol. The Labute approximate surface area is 441 Å². The van der Waals surface area contributed by atoms with Crippen molar-refractivity contribution in [2.24, 2.45) is 51.6 Å². The second-order valence-electron chi connectivity index (χ2n) is 20.5. The van der Waals surface area contributed by atoms with E-state index in [-0.39, 0.29) is 81.2 Å². The number of aliphatic imine (C=N–C) groups is 1. The first-order valence-corrected chi connectivity index (χ1v) is 25.8. The van der Waals surface area contributed by atoms with Gasteiger partial charge in [0.15, 0.2) is 5.96 Å². The number of rotatable bonds is 34. The van der Waals surface area contributed by atoms with E-state index in [0.29, 0.717) is 37.1 Å². The molecule has 0 aliphatic rings. The summed E-state index contributed by atoms with van der Waals surface area (Å²) in [6.07, 6.45) is 5.05. The fourth-order valence-electron chi connectivity index (χ4n) is 7.97. The Morgan fingerprint density at radius 3 is 1.53 bits per heavy atom. The first-order chi connectivity index (χ1) is 35.3. The number of aromatic nitrogens is 2. The molecular formula is C51H86N16O8. The molecule has 2 aromatic rings. The van der Waals surface area contributed by atoms with Crippen LogP contribution in [0.25, 0.3) is 0 Å². The van der Waals surface area contributed by atoms with Gasteiger partial charge in [0, 0.05) is 43.9 Å². The second kappa shape index (κ2) is 32.9. The summed E-state index contributed by atoms with van der Waals surface area (Å²) in [6.45, 7) is 16.5. The number of imidazole rings is 1. The molecule has 24 nitrogen and oxygen atoms in total. The molecule has 0 radical (unpaired) electrons. The predicted octanol–water partition coefficient (Wildman–Crippen LogP) is -0.0569. The summed E-state index contributed by atoms with van der Waals surface area (Å²) in [6, 6.07) is -1.18. The third-order valence-corrected chi connectivity index (χ3v) is 11.8. The molecule has 0 unspecified atom stereocenters. The van der Waals surface area contributed by atoms with Crippen molar-refractivity contribution in [2.45, 2.75) is 169 Å². The lowest BCUT2D eigenvalue weighted by molar-refractivity contribution is -0.136. The number of amidine groups is 1. The molecule has 418 valence electrons. The van der Waals surface area contributed by atoms with E-state index in [9.17, 15) is 38.4 Å². The Morgan fingerprint density at radius 2 is 1.07 bits per heavy atom. The van der Waals surface area contributed by atoms with Crippen LogP contribution in [0.15, 0.2) is 41.8 Å². The van der Waals surface area contributed by atoms with Gasteiger partial charge >= 0.3 is 0 Å². The molecule has 1 aromatic heterocycles. The number of guanidine groups is 1. The summed E-state index contributed by atoms with van der Waals surface area (Å²) >= 11 is 0. The lowest BCUT2D eigenvalue weighted by Crippen LogP contribution is -2.61. The number of unbranched alkanes of at least 4 members (excludes halogenated alkanes) is 1. The van der Waals surface area contributed by atoms with Crippen molar-refractivity contribution in [2.75, 3.05) is 13.1 Å². The van der Waals surface area contributed by atoms with Crippen molar-refractivity contribution >= 4 is 59.1 Å². The topological polar surface area (TPSA) is 402 Å². The SMILES string of the molecule is CC(=O)N[C@@H](CC(C)C)C(=O)N[C@@H](Cc1cnc[nH]1)C(=O)N[C@@H](CC(C)C)C(=O)N[C@@H](CC(C)C)C(=O)N[C@@H](CCCN=C(N)N)C(=O)N[C@H](C(=O)N[C@@H](CCCCN)C(=O)NCc1ccc(C(=N)N)cc1)C(C)C. The molecule has 0 saturated carbocycles. The van der Waals surface area contributed by atoms with Gasteiger partial charge in [-0.1, -0.05) is 79.7 Å². The number of hydrogen-bond donors (Lipinski definition) is 14. The van der Waals surface area contributed by atoms with Gasteiger partial charge in [0.1, 0.15) is 48.1 Å². The number of carbonyl (C=O) groups excluding carboxylic acids is 8. The summed E-state index contributed by atoms with van der Waals surface area (Å²) < 4.78 is 0. The number of carbonyl (C=O) groups is 8. The smallest absolute Gasteiger partial charge is 0.243 e. The molecule has 0 bridgehead atoms. The van der Waals surface area contributed by atoms with Crippen molar-refractivity contribution in [3.05, 3.63) is 53.6 Å².